The van der Waals surface area contributed by atoms with Crippen molar-refractivity contribution in [3.8, 4) is 0 Å². The Bertz CT molecular complexity index is 167. The van der Waals surface area contributed by atoms with Gasteiger partial charge in [0.15, 0.2) is 0 Å². The van der Waals surface area contributed by atoms with E-state index in [2.05, 4.69) is 50.1 Å². The van der Waals surface area contributed by atoms with Crippen LogP contribution in [-0.4, -0.2) is 43.5 Å². The molecule has 0 N–H and O–H groups in total. The third-order valence-electron chi connectivity index (χ3n) is 1.48. The Morgan fingerprint density at radius 1 is 1.29 bits per heavy atom. The molecule has 0 rings (SSSR count). The van der Waals surface area contributed by atoms with Crippen molar-refractivity contribution >= 4 is 5.84 Å². The fraction of sp³-hybridized carbons (Fsp3) is 0.900. The van der Waals surface area contributed by atoms with E-state index in [1.54, 1.807) is 0 Å². The van der Waals surface area contributed by atoms with Crippen LogP contribution in [-0.2, 0) is 16.8 Å². The number of rotatable bonds is 4. The summed E-state index contributed by atoms with van der Waals surface area (Å²) in [5.74, 6) is 0.907. The molecule has 0 saturated heterocycles. The molecule has 0 aromatic rings. The average molecular weight is 243 g/mol. The minimum absolute atomic E-state index is 0. The Balaban J connectivity index is 0. The summed E-state index contributed by atoms with van der Waals surface area (Å²) in [6.45, 7) is 9.18. The molecular formula is C10H22CoN3-. The van der Waals surface area contributed by atoms with Gasteiger partial charge in [-0.05, 0) is 39.6 Å². The molecule has 14 heavy (non-hydrogen) atoms. The van der Waals surface area contributed by atoms with Crippen molar-refractivity contribution in [2.24, 2.45) is 4.99 Å². The average Bonchev–Trinajstić information content (AvgIpc) is 1.80. The summed E-state index contributed by atoms with van der Waals surface area (Å²) in [4.78, 5) is 6.49. The Morgan fingerprint density at radius 3 is 2.14 bits per heavy atom. The maximum absolute atomic E-state index is 4.47. The molecule has 0 aliphatic carbocycles. The molecule has 0 spiro atoms. The van der Waals surface area contributed by atoms with Crippen LogP contribution in [0.25, 0.3) is 5.32 Å². The normalized spacial score (nSPS) is 14.1. The third-order valence-corrected chi connectivity index (χ3v) is 1.48. The molecule has 0 bridgehead atoms. The van der Waals surface area contributed by atoms with Gasteiger partial charge in [0, 0.05) is 16.8 Å². The van der Waals surface area contributed by atoms with E-state index in [-0.39, 0.29) is 16.8 Å². The number of nitrogens with zero attached hydrogens (tertiary/aromatic N) is 3. The molecule has 1 atom stereocenters. The zero-order valence-corrected chi connectivity index (χ0v) is 11.1. The predicted molar refractivity (Wildman–Crippen MR) is 59.6 cm³/mol. The summed E-state index contributed by atoms with van der Waals surface area (Å²) in [5.41, 5.74) is 0. The summed E-state index contributed by atoms with van der Waals surface area (Å²) in [5, 5.41) is 4.47. The number of hydrogen-bond donors (Lipinski definition) is 0. The molecule has 0 aliphatic heterocycles. The van der Waals surface area contributed by atoms with Gasteiger partial charge in [-0.15, -0.1) is 0 Å². The minimum atomic E-state index is 0. The van der Waals surface area contributed by atoms with Crippen LogP contribution in [0.4, 0.5) is 0 Å². The second-order valence-corrected chi connectivity index (χ2v) is 4.01. The van der Waals surface area contributed by atoms with E-state index in [9.17, 15) is 0 Å². The molecule has 0 aromatic heterocycles. The van der Waals surface area contributed by atoms with Crippen LogP contribution in [0, 0.1) is 0 Å². The Kier molecular flexibility index (Phi) is 9.66. The van der Waals surface area contributed by atoms with Crippen molar-refractivity contribution in [3.05, 3.63) is 5.32 Å². The molecule has 4 heteroatoms. The smallest absolute Gasteiger partial charge is 0 e. The summed E-state index contributed by atoms with van der Waals surface area (Å²) < 4.78 is 0. The van der Waals surface area contributed by atoms with Gasteiger partial charge in [-0.3, -0.25) is 0 Å². The van der Waals surface area contributed by atoms with E-state index in [4.69, 9.17) is 0 Å². The molecule has 0 aromatic carbocycles. The van der Waals surface area contributed by atoms with Gasteiger partial charge in [0.1, 0.15) is 0 Å². The van der Waals surface area contributed by atoms with Crippen molar-refractivity contribution in [2.75, 3.05) is 20.6 Å². The monoisotopic (exact) mass is 243 g/mol. The largest absolute Gasteiger partial charge is 0.467 e. The van der Waals surface area contributed by atoms with Gasteiger partial charge in [0.05, 0.1) is 0 Å². The number of hydrogen-bond acceptors (Lipinski definition) is 2. The quantitative estimate of drug-likeness (QED) is 0.549. The van der Waals surface area contributed by atoms with Crippen LogP contribution < -0.4 is 0 Å². The van der Waals surface area contributed by atoms with Gasteiger partial charge in [0.2, 0.25) is 0 Å². The second kappa shape index (κ2) is 8.26. The van der Waals surface area contributed by atoms with Crippen molar-refractivity contribution < 1.29 is 16.8 Å². The zero-order valence-electron chi connectivity index (χ0n) is 10.0. The predicted octanol–water partition coefficient (Wildman–Crippen LogP) is 2.13. The van der Waals surface area contributed by atoms with Crippen LogP contribution in [0.15, 0.2) is 4.99 Å². The molecule has 0 fully saturated rings. The van der Waals surface area contributed by atoms with Crippen molar-refractivity contribution in [3.63, 3.8) is 0 Å². The number of amidine groups is 1. The van der Waals surface area contributed by atoms with Crippen molar-refractivity contribution in [1.29, 1.82) is 0 Å². The van der Waals surface area contributed by atoms with E-state index in [1.165, 1.54) is 0 Å². The van der Waals surface area contributed by atoms with Gasteiger partial charge < -0.3 is 15.2 Å². The molecule has 0 heterocycles. The van der Waals surface area contributed by atoms with Gasteiger partial charge in [-0.2, -0.15) is 0 Å². The van der Waals surface area contributed by atoms with Crippen LogP contribution in [0.5, 0.6) is 0 Å². The van der Waals surface area contributed by atoms with Gasteiger partial charge in [-0.25, -0.2) is 0 Å². The Hall–Kier alpha value is -0.0635. The SMILES string of the molecule is CC(=NC(C)C)[N-]C(C)CN(C)C.[Co]. The molecule has 3 nitrogen and oxygen atoms in total. The minimum Gasteiger partial charge on any atom is -0.467 e. The van der Waals surface area contributed by atoms with E-state index in [0.717, 1.165) is 12.4 Å². The molecule has 0 amide bonds. The fourth-order valence-electron chi connectivity index (χ4n) is 1.30. The first-order chi connectivity index (χ1) is 5.91. The second-order valence-electron chi connectivity index (χ2n) is 4.01. The standard InChI is InChI=1S/C10H22N3.Co/c1-8(2)11-10(4)12-9(3)7-13(5)6;/h8-9H,7H2,1-6H3;/q-1;. The first-order valence-electron chi connectivity index (χ1n) is 4.81. The summed E-state index contributed by atoms with van der Waals surface area (Å²) in [7, 11) is 4.11. The molecule has 87 valence electrons. The summed E-state index contributed by atoms with van der Waals surface area (Å²) in [6.07, 6.45) is 0. The first-order valence-corrected chi connectivity index (χ1v) is 4.81. The molecule has 0 aliphatic rings. The maximum atomic E-state index is 4.47. The van der Waals surface area contributed by atoms with Crippen LogP contribution >= 0.6 is 0 Å². The molecular weight excluding hydrogens is 221 g/mol. The van der Waals surface area contributed by atoms with Crippen molar-refractivity contribution in [1.82, 2.24) is 4.90 Å². The topological polar surface area (TPSA) is 29.7 Å². The van der Waals surface area contributed by atoms with Crippen LogP contribution in [0.3, 0.4) is 0 Å². The number of aliphatic imine (C=N–C) groups is 1. The molecule has 0 saturated carbocycles. The number of likely N-dealkylation sites (N-methyl/N-ethyl adjacent to an activating group) is 1. The fourth-order valence-corrected chi connectivity index (χ4v) is 1.30. The van der Waals surface area contributed by atoms with E-state index < -0.39 is 0 Å². The van der Waals surface area contributed by atoms with Crippen LogP contribution in [0.2, 0.25) is 0 Å². The van der Waals surface area contributed by atoms with Gasteiger partial charge >= 0.3 is 0 Å². The van der Waals surface area contributed by atoms with Gasteiger partial charge in [0.25, 0.3) is 0 Å². The molecule has 1 unspecified atom stereocenters. The van der Waals surface area contributed by atoms with Crippen molar-refractivity contribution in [2.45, 2.75) is 39.8 Å². The third kappa shape index (κ3) is 10.0. The maximum Gasteiger partial charge on any atom is 0 e. The Labute approximate surface area is 98.5 Å². The molecule has 1 radical (unpaired) electrons. The zero-order chi connectivity index (χ0) is 10.4. The van der Waals surface area contributed by atoms with Gasteiger partial charge in [-0.1, -0.05) is 26.6 Å². The van der Waals surface area contributed by atoms with Crippen LogP contribution in [0.1, 0.15) is 27.7 Å². The van der Waals surface area contributed by atoms with E-state index >= 15 is 0 Å². The summed E-state index contributed by atoms with van der Waals surface area (Å²) >= 11 is 0. The Morgan fingerprint density at radius 2 is 1.79 bits per heavy atom. The summed E-state index contributed by atoms with van der Waals surface area (Å²) in [6, 6.07) is 0.674. The first kappa shape index (κ1) is 16.4. The van der Waals surface area contributed by atoms with E-state index in [1.807, 2.05) is 6.92 Å². The van der Waals surface area contributed by atoms with E-state index in [0.29, 0.717) is 12.1 Å².